The van der Waals surface area contributed by atoms with E-state index in [0.717, 1.165) is 0 Å². The van der Waals surface area contributed by atoms with Gasteiger partial charge in [0, 0.05) is 39.9 Å². The Morgan fingerprint density at radius 3 is 1.93 bits per heavy atom. The third-order valence-electron chi connectivity index (χ3n) is 18.4. The maximum absolute atomic E-state index is 14.6. The summed E-state index contributed by atoms with van der Waals surface area (Å²) in [6.07, 6.45) is -0.138. The summed E-state index contributed by atoms with van der Waals surface area (Å²) >= 11 is 0. The molecule has 2 heterocycles. The standard InChI is InChI=1S/C69H113N12O17P/c1-17-42(8)59(80(14)68(90)57(40(4)5)78-67(89)58(41(6)7)79(12)13)53(94-15)37-55(83)81-34-23-27-52(81)60(95-16)43(9)62(84)72-44(10)61(47-24-19-18-20-25-47)98-99(92,93)97-38-46-28-30-48(31-29-46)74-63(85)45(11)73-66(88)56(39(2)3)77-65(87)50(26-21-22-33-70)76-64(86)49(71)36-54(82)75-51-32-35-96-69(51)91/h18-20,24-25,28-31,39-45,49-53,56-61H,17,21-23,26-27,32-38,70-71H2,1-16H3,(H,72,84)(H,73,88)(H,74,85)(H,75,82)(H,76,86)(H,77,87)(H,78,89)(H,92,93)/t42-,43+,44+,45-,49-,50-,51-,52-,53+,56-,57-,58-,59-,60+,61+/m0/s1. The number of cyclic esters (lactones) is 1. The molecule has 12 N–H and O–H groups in total. The number of hydrogen-bond donors (Lipinski definition) is 10. The third-order valence-corrected chi connectivity index (χ3v) is 19.3. The number of methoxy groups -OCH3 is 2. The Hall–Kier alpha value is -6.95. The van der Waals surface area contributed by atoms with Gasteiger partial charge in [-0.2, -0.15) is 0 Å². The molecule has 556 valence electrons. The number of likely N-dealkylation sites (tertiary alicyclic amines) is 1. The summed E-state index contributed by atoms with van der Waals surface area (Å²) in [5.74, 6) is -7.10. The summed E-state index contributed by atoms with van der Waals surface area (Å²) in [6, 6.07) is 5.62. The molecule has 1 unspecified atom stereocenters. The van der Waals surface area contributed by atoms with Crippen molar-refractivity contribution in [1.82, 2.24) is 46.6 Å². The first-order valence-corrected chi connectivity index (χ1v) is 35.9. The molecular formula is C69H113N12O17P. The first-order valence-electron chi connectivity index (χ1n) is 34.4. The number of ether oxygens (including phenoxy) is 3. The molecule has 0 aromatic heterocycles. The highest BCUT2D eigenvalue weighted by Gasteiger charge is 2.45. The first kappa shape index (κ1) is 84.5. The minimum atomic E-state index is -4.91. The second kappa shape index (κ2) is 40.5. The summed E-state index contributed by atoms with van der Waals surface area (Å²) in [5.41, 5.74) is 12.9. The Bertz CT molecular complexity index is 3030. The number of carbonyl (C=O) groups excluding carboxylic acids is 10. The molecule has 99 heavy (non-hydrogen) atoms. The number of likely N-dealkylation sites (N-methyl/N-ethyl adjacent to an activating group) is 2. The fourth-order valence-electron chi connectivity index (χ4n) is 12.6. The molecule has 0 radical (unpaired) electrons. The molecule has 2 saturated heterocycles. The quantitative estimate of drug-likeness (QED) is 0.0258. The van der Waals surface area contributed by atoms with Gasteiger partial charge < -0.3 is 77.6 Å². The van der Waals surface area contributed by atoms with E-state index in [4.69, 9.17) is 34.7 Å². The highest BCUT2D eigenvalue weighted by Crippen LogP contribution is 2.49. The van der Waals surface area contributed by atoms with Crippen LogP contribution in [0.1, 0.15) is 151 Å². The molecule has 2 aliphatic heterocycles. The van der Waals surface area contributed by atoms with E-state index in [-0.39, 0.29) is 61.3 Å². The summed E-state index contributed by atoms with van der Waals surface area (Å²) in [4.78, 5) is 152. The Morgan fingerprint density at radius 2 is 1.37 bits per heavy atom. The van der Waals surface area contributed by atoms with Gasteiger partial charge in [-0.05, 0) is 114 Å². The number of hydrogen-bond acceptors (Lipinski definition) is 19. The van der Waals surface area contributed by atoms with Crippen molar-refractivity contribution in [3.05, 3.63) is 65.7 Å². The monoisotopic (exact) mass is 1410 g/mol. The van der Waals surface area contributed by atoms with Gasteiger partial charge in [0.15, 0.2) is 0 Å². The van der Waals surface area contributed by atoms with Crippen LogP contribution in [0, 0.1) is 29.6 Å². The summed E-state index contributed by atoms with van der Waals surface area (Å²) in [6.45, 7) is 20.2. The fraction of sp³-hybridized carbons (Fsp3) is 0.681. The predicted octanol–water partition coefficient (Wildman–Crippen LogP) is 3.56. The summed E-state index contributed by atoms with van der Waals surface area (Å²) < 4.78 is 42.2. The Kier molecular flexibility index (Phi) is 34.5. The lowest BCUT2D eigenvalue weighted by Gasteiger charge is -2.41. The largest absolute Gasteiger partial charge is 0.473 e. The van der Waals surface area contributed by atoms with Crippen molar-refractivity contribution in [2.75, 3.05) is 60.4 Å². The molecule has 0 spiro atoms. The zero-order valence-electron chi connectivity index (χ0n) is 60.7. The van der Waals surface area contributed by atoms with Gasteiger partial charge in [0.2, 0.25) is 53.2 Å². The Morgan fingerprint density at radius 1 is 0.737 bits per heavy atom. The van der Waals surface area contributed by atoms with Crippen LogP contribution in [0.4, 0.5) is 5.69 Å². The van der Waals surface area contributed by atoms with Crippen molar-refractivity contribution in [2.45, 2.75) is 219 Å². The van der Waals surface area contributed by atoms with E-state index in [2.05, 4.69) is 37.2 Å². The van der Waals surface area contributed by atoms with Crippen LogP contribution < -0.4 is 48.7 Å². The highest BCUT2D eigenvalue weighted by atomic mass is 31.2. The first-order chi connectivity index (χ1) is 46.6. The fourth-order valence-corrected chi connectivity index (χ4v) is 13.5. The molecule has 30 heteroatoms. The Labute approximate surface area is 584 Å². The second-order valence-corrected chi connectivity index (χ2v) is 28.7. The number of phosphoric ester groups is 1. The zero-order chi connectivity index (χ0) is 74.2. The number of rotatable bonds is 41. The van der Waals surface area contributed by atoms with Crippen molar-refractivity contribution < 1.29 is 80.7 Å². The molecule has 0 aliphatic carbocycles. The maximum Gasteiger partial charge on any atom is 0.473 e. The van der Waals surface area contributed by atoms with Crippen molar-refractivity contribution in [3.63, 3.8) is 0 Å². The van der Waals surface area contributed by atoms with Gasteiger partial charge in [0.25, 0.3) is 0 Å². The van der Waals surface area contributed by atoms with Gasteiger partial charge in [-0.3, -0.25) is 57.1 Å². The number of nitrogens with zero attached hydrogens (tertiary/aromatic N) is 3. The molecule has 4 rings (SSSR count). The summed E-state index contributed by atoms with van der Waals surface area (Å²) in [7, 11) is 3.42. The molecule has 2 aromatic rings. The van der Waals surface area contributed by atoms with Crippen LogP contribution in [0.15, 0.2) is 54.6 Å². The Balaban J connectivity index is 1.37. The van der Waals surface area contributed by atoms with Crippen LogP contribution in [-0.2, 0) is 82.4 Å². The van der Waals surface area contributed by atoms with Crippen LogP contribution in [0.3, 0.4) is 0 Å². The highest BCUT2D eigenvalue weighted by molar-refractivity contribution is 7.47. The molecular weight excluding hydrogens is 1300 g/mol. The van der Waals surface area contributed by atoms with Gasteiger partial charge in [-0.25, -0.2) is 9.36 Å². The van der Waals surface area contributed by atoms with Gasteiger partial charge in [-0.15, -0.1) is 0 Å². The lowest BCUT2D eigenvalue weighted by molar-refractivity contribution is -0.148. The number of nitrogens with two attached hydrogens (primary N) is 2. The molecule has 16 atom stereocenters. The van der Waals surface area contributed by atoms with E-state index >= 15 is 0 Å². The lowest BCUT2D eigenvalue weighted by atomic mass is 9.89. The number of amides is 9. The molecule has 9 amide bonds. The van der Waals surface area contributed by atoms with E-state index in [1.54, 1.807) is 74.9 Å². The van der Waals surface area contributed by atoms with Crippen LogP contribution in [0.2, 0.25) is 0 Å². The normalized spacial score (nSPS) is 19.3. The van der Waals surface area contributed by atoms with Crippen LogP contribution in [0.5, 0.6) is 0 Å². The molecule has 2 aliphatic rings. The van der Waals surface area contributed by atoms with E-state index in [9.17, 15) is 57.4 Å². The van der Waals surface area contributed by atoms with Crippen LogP contribution in [-0.4, -0.2) is 206 Å². The average molecular weight is 1410 g/mol. The predicted molar refractivity (Wildman–Crippen MR) is 372 cm³/mol. The number of esters is 1. The van der Waals surface area contributed by atoms with Gasteiger partial charge in [0.1, 0.15) is 36.3 Å². The van der Waals surface area contributed by atoms with E-state index in [1.165, 1.54) is 45.4 Å². The maximum atomic E-state index is 14.6. The molecule has 0 bridgehead atoms. The van der Waals surface area contributed by atoms with Crippen LogP contribution in [0.25, 0.3) is 0 Å². The van der Waals surface area contributed by atoms with Gasteiger partial charge in [-0.1, -0.05) is 111 Å². The minimum Gasteiger partial charge on any atom is -0.464 e. The van der Waals surface area contributed by atoms with E-state index < -0.39 is 153 Å². The van der Waals surface area contributed by atoms with Gasteiger partial charge in [0.05, 0.1) is 74.4 Å². The molecule has 2 aromatic carbocycles. The number of phosphoric acid groups is 1. The summed E-state index contributed by atoms with van der Waals surface area (Å²) in [5, 5.41) is 19.0. The molecule has 29 nitrogen and oxygen atoms in total. The topological polar surface area (TPSA) is 400 Å². The van der Waals surface area contributed by atoms with Crippen molar-refractivity contribution in [1.29, 1.82) is 0 Å². The number of carbonyl (C=O) groups is 10. The SMILES string of the molecule is CC[C@H](C)[C@@H]([C@@H](CC(=O)N1CCC[C@H]1[C@H](OC)[C@@H](C)C(=O)N[C@H](C)[C@@H](OP(=O)(O)OCc1ccc(NC(=O)[C@H](C)NC(=O)[C@@H](NC(=O)[C@H](CCCCN)NC(=O)[C@@H](N)CC(=O)N[C@H]2CCOC2=O)C(C)C)cc1)c1ccccc1)OC)N(C)C(=O)[C@@H](NC(=O)[C@H](C(C)C)N(C)C)C(C)C. The van der Waals surface area contributed by atoms with Gasteiger partial charge >= 0.3 is 13.8 Å². The van der Waals surface area contributed by atoms with Crippen LogP contribution >= 0.6 is 7.82 Å². The van der Waals surface area contributed by atoms with E-state index in [1.807, 2.05) is 60.5 Å². The number of benzene rings is 2. The number of anilines is 1. The molecule has 2 fully saturated rings. The molecule has 0 saturated carbocycles. The van der Waals surface area contributed by atoms with Crippen molar-refractivity contribution in [3.8, 4) is 0 Å². The average Bonchev–Trinajstić information content (AvgIpc) is 1.75. The number of unbranched alkanes of at least 4 members (excludes halogenated alkanes) is 1. The number of nitrogens with one attached hydrogen (secondary N) is 7. The van der Waals surface area contributed by atoms with E-state index in [0.29, 0.717) is 62.0 Å². The smallest absolute Gasteiger partial charge is 0.464 e. The minimum absolute atomic E-state index is 0.0140. The van der Waals surface area contributed by atoms with Crippen molar-refractivity contribution in [2.24, 2.45) is 41.1 Å². The lowest BCUT2D eigenvalue weighted by Crippen LogP contribution is -2.59. The third kappa shape index (κ3) is 25.3. The zero-order valence-corrected chi connectivity index (χ0v) is 61.6. The second-order valence-electron chi connectivity index (χ2n) is 27.3. The van der Waals surface area contributed by atoms with Crippen molar-refractivity contribution >= 4 is 72.6 Å².